The first kappa shape index (κ1) is 44.1. The molecule has 57 heavy (non-hydrogen) atoms. The summed E-state index contributed by atoms with van der Waals surface area (Å²) in [4.78, 5) is 40.4. The summed E-state index contributed by atoms with van der Waals surface area (Å²) in [6.45, 7) is 8.52. The second-order valence-corrected chi connectivity index (χ2v) is 16.9. The van der Waals surface area contributed by atoms with Crippen LogP contribution in [0.2, 0.25) is 0 Å². The molecule has 12 nitrogen and oxygen atoms in total. The summed E-state index contributed by atoms with van der Waals surface area (Å²) in [6, 6.07) is 14.2. The summed E-state index contributed by atoms with van der Waals surface area (Å²) in [6.07, 6.45) is 2.51. The molecule has 13 heteroatoms. The Hall–Kier alpha value is -3.98. The van der Waals surface area contributed by atoms with Crippen LogP contribution in [0, 0.1) is 34.9 Å². The molecule has 2 amide bonds. The van der Waals surface area contributed by atoms with Crippen LogP contribution in [0.4, 0.5) is 4.39 Å². The molecule has 9 atom stereocenters. The van der Waals surface area contributed by atoms with Crippen LogP contribution >= 0.6 is 0 Å². The predicted molar refractivity (Wildman–Crippen MR) is 219 cm³/mol. The zero-order chi connectivity index (χ0) is 41.6. The molecule has 2 bridgehead atoms. The molecule has 3 aliphatic carbocycles. The molecule has 4 fully saturated rings. The lowest BCUT2D eigenvalue weighted by Crippen LogP contribution is -2.62. The molecule has 5 N–H and O–H groups in total. The number of likely N-dealkylation sites (N-methyl/N-ethyl adjacent to an activating group) is 1. The smallest absolute Gasteiger partial charge is 0.251 e. The Morgan fingerprint density at radius 1 is 1.12 bits per heavy atom. The molecule has 7 rings (SSSR count). The Morgan fingerprint density at radius 3 is 2.46 bits per heavy atom. The van der Waals surface area contributed by atoms with Crippen LogP contribution in [0.5, 0.6) is 5.75 Å². The summed E-state index contributed by atoms with van der Waals surface area (Å²) < 4.78 is 21.5. The molecule has 0 unspecified atom stereocenters. The van der Waals surface area contributed by atoms with Gasteiger partial charge in [0.2, 0.25) is 5.91 Å². The van der Waals surface area contributed by atoms with Gasteiger partial charge in [0.05, 0.1) is 26.4 Å². The topological polar surface area (TPSA) is 149 Å². The van der Waals surface area contributed by atoms with Crippen LogP contribution in [-0.4, -0.2) is 116 Å². The van der Waals surface area contributed by atoms with E-state index in [1.54, 1.807) is 37.4 Å². The number of carbonyl (C=O) groups excluding carboxylic acids is 2. The number of carbonyl (C=O) groups is 2. The number of hydrogen-bond donors (Lipinski definition) is 5. The van der Waals surface area contributed by atoms with Gasteiger partial charge < -0.3 is 35.8 Å². The van der Waals surface area contributed by atoms with Crippen molar-refractivity contribution < 1.29 is 33.8 Å². The number of halogens is 1. The van der Waals surface area contributed by atoms with Crippen molar-refractivity contribution in [3.63, 3.8) is 0 Å². The number of benzene rings is 2. The van der Waals surface area contributed by atoms with Crippen molar-refractivity contribution in [1.82, 2.24) is 30.9 Å². The number of aromatic nitrogens is 1. The molecule has 0 radical (unpaired) electrons. The Bertz CT molecular complexity index is 1810. The third-order valence-electron chi connectivity index (χ3n) is 12.3. The van der Waals surface area contributed by atoms with Crippen LogP contribution in [0.25, 0.3) is 11.1 Å². The second-order valence-electron chi connectivity index (χ2n) is 16.9. The number of nitrogens with zero attached hydrogens (tertiary/aromatic N) is 3. The van der Waals surface area contributed by atoms with Crippen molar-refractivity contribution in [3.8, 4) is 16.9 Å². The van der Waals surface area contributed by atoms with E-state index in [9.17, 15) is 19.8 Å². The third kappa shape index (κ3) is 10.0. The number of fused-ring (bicyclic) bond motifs is 2. The van der Waals surface area contributed by atoms with Gasteiger partial charge in [-0.3, -0.25) is 19.4 Å². The quantitative estimate of drug-likeness (QED) is 0.160. The largest absolute Gasteiger partial charge is 0.496 e. The highest BCUT2D eigenvalue weighted by Gasteiger charge is 2.57. The van der Waals surface area contributed by atoms with E-state index in [4.69, 9.17) is 9.57 Å². The summed E-state index contributed by atoms with van der Waals surface area (Å²) in [7, 11) is 9.13. The average Bonchev–Trinajstić information content (AvgIpc) is 3.54. The number of hydrogen-bond acceptors (Lipinski definition) is 10. The van der Waals surface area contributed by atoms with Crippen LogP contribution in [0.3, 0.4) is 0 Å². The Balaban J connectivity index is 0.00000200. The van der Waals surface area contributed by atoms with E-state index in [0.29, 0.717) is 52.8 Å². The summed E-state index contributed by atoms with van der Waals surface area (Å²) in [5.41, 5.74) is 2.90. The Labute approximate surface area is 337 Å². The molecule has 4 aliphatic rings. The first-order chi connectivity index (χ1) is 27.1. The number of nitrogens with one attached hydrogen (secondary N) is 3. The highest BCUT2D eigenvalue weighted by Crippen LogP contribution is 2.61. The van der Waals surface area contributed by atoms with E-state index < -0.39 is 36.6 Å². The number of hydroxylamine groups is 2. The molecule has 1 aromatic heterocycles. The van der Waals surface area contributed by atoms with Gasteiger partial charge in [-0.2, -0.15) is 5.06 Å². The first-order valence-electron chi connectivity index (χ1n) is 20.1. The van der Waals surface area contributed by atoms with Crippen molar-refractivity contribution in [3.05, 3.63) is 83.4 Å². The van der Waals surface area contributed by atoms with Crippen molar-refractivity contribution in [2.24, 2.45) is 29.1 Å². The number of amides is 2. The van der Waals surface area contributed by atoms with Crippen LogP contribution < -0.4 is 20.7 Å². The van der Waals surface area contributed by atoms with Crippen molar-refractivity contribution in [2.75, 3.05) is 48.5 Å². The SMILES string of the molecule is CNC.COc1c(CN2O[C@@H](CO)[C@@H]([C@H](C)O)[C@H]2C(=O)N[C@H]2C[C@H]3C[C@@H]([C@@H]2C)C3(C)C)cc(F)cc1-c1cccc(C(=O)N[C@@H](Cc2ccccn2)CN(C)C)c1. The predicted octanol–water partition coefficient (Wildman–Crippen LogP) is 4.30. The fourth-order valence-corrected chi connectivity index (χ4v) is 9.35. The van der Waals surface area contributed by atoms with Gasteiger partial charge in [-0.25, -0.2) is 4.39 Å². The number of aliphatic hydroxyl groups is 2. The van der Waals surface area contributed by atoms with Gasteiger partial charge in [-0.05, 0) is 113 Å². The van der Waals surface area contributed by atoms with Gasteiger partial charge in [0.15, 0.2) is 0 Å². The average molecular weight is 791 g/mol. The van der Waals surface area contributed by atoms with Gasteiger partial charge in [-0.15, -0.1) is 0 Å². The summed E-state index contributed by atoms with van der Waals surface area (Å²) in [5.74, 6) is -0.166. The number of ether oxygens (including phenoxy) is 1. The van der Waals surface area contributed by atoms with Gasteiger partial charge in [0.25, 0.3) is 5.91 Å². The minimum atomic E-state index is -0.973. The number of pyridine rings is 1. The van der Waals surface area contributed by atoms with Crippen LogP contribution in [0.1, 0.15) is 62.2 Å². The molecule has 2 heterocycles. The maximum Gasteiger partial charge on any atom is 0.251 e. The van der Waals surface area contributed by atoms with E-state index in [2.05, 4.69) is 41.7 Å². The summed E-state index contributed by atoms with van der Waals surface area (Å²) >= 11 is 0. The monoisotopic (exact) mass is 790 g/mol. The summed E-state index contributed by atoms with van der Waals surface area (Å²) in [5, 5.41) is 31.8. The van der Waals surface area contributed by atoms with Gasteiger partial charge >= 0.3 is 0 Å². The molecule has 3 saturated carbocycles. The van der Waals surface area contributed by atoms with E-state index in [1.165, 1.54) is 30.7 Å². The van der Waals surface area contributed by atoms with Gasteiger partial charge in [-0.1, -0.05) is 39.0 Å². The zero-order valence-corrected chi connectivity index (χ0v) is 35.0. The van der Waals surface area contributed by atoms with E-state index in [0.717, 1.165) is 12.1 Å². The molecule has 1 aliphatic heterocycles. The Kier molecular flexibility index (Phi) is 14.9. The molecule has 2 aromatic carbocycles. The lowest BCUT2D eigenvalue weighted by Gasteiger charge is -2.62. The maximum absolute atomic E-state index is 15.6. The van der Waals surface area contributed by atoms with Crippen molar-refractivity contribution in [1.29, 1.82) is 0 Å². The molecule has 0 spiro atoms. The first-order valence-corrected chi connectivity index (χ1v) is 20.1. The molecule has 1 saturated heterocycles. The molecular formula is C44H63FN6O6. The van der Waals surface area contributed by atoms with E-state index in [-0.39, 0.29) is 41.8 Å². The minimum Gasteiger partial charge on any atom is -0.496 e. The van der Waals surface area contributed by atoms with E-state index in [1.807, 2.05) is 51.3 Å². The van der Waals surface area contributed by atoms with Crippen LogP contribution in [0.15, 0.2) is 60.8 Å². The fourth-order valence-electron chi connectivity index (χ4n) is 9.35. The zero-order valence-electron chi connectivity index (χ0n) is 35.0. The minimum absolute atomic E-state index is 0.0214. The molecule has 3 aromatic rings. The van der Waals surface area contributed by atoms with Crippen LogP contribution in [-0.2, 0) is 22.6 Å². The lowest BCUT2D eigenvalue weighted by molar-refractivity contribution is -0.183. The van der Waals surface area contributed by atoms with Crippen molar-refractivity contribution >= 4 is 11.8 Å². The highest BCUT2D eigenvalue weighted by molar-refractivity contribution is 5.96. The lowest BCUT2D eigenvalue weighted by atomic mass is 9.45. The van der Waals surface area contributed by atoms with Gasteiger partial charge in [0.1, 0.15) is 23.7 Å². The second kappa shape index (κ2) is 19.2. The van der Waals surface area contributed by atoms with E-state index >= 15 is 4.39 Å². The fraction of sp³-hybridized carbons (Fsp3) is 0.568. The highest BCUT2D eigenvalue weighted by atomic mass is 19.1. The Morgan fingerprint density at radius 2 is 1.86 bits per heavy atom. The number of rotatable bonds is 14. The van der Waals surface area contributed by atoms with Crippen molar-refractivity contribution in [2.45, 2.75) is 83.8 Å². The number of aliphatic hydroxyl groups excluding tert-OH is 2. The number of methoxy groups -OCH3 is 1. The normalized spacial score (nSPS) is 26.1. The molecular weight excluding hydrogens is 728 g/mol. The standard InChI is InChI=1S/C42H56FN5O6.C2H7N/c1-24-34-17-29(42(34,3)4)18-35(24)46-41(52)38-37(25(2)50)36(23-49)54-48(38)21-28-16-30(43)19-33(39(28)53-7)26-11-10-12-27(15-26)40(51)45-32(22-47(5)6)20-31-13-8-9-14-44-31;1-3-2/h8-16,19,24-25,29,32,34-38,49-50H,17-18,20-23H2,1-7H3,(H,45,51)(H,46,52);3H,1-2H3/t24-,25-,29+,32-,34-,35-,36-,37+,38-;/m0./s1. The van der Waals surface area contributed by atoms with Gasteiger partial charge in [0, 0.05) is 59.5 Å². The maximum atomic E-state index is 15.6. The third-order valence-corrected chi connectivity index (χ3v) is 12.3. The molecule has 312 valence electrons.